The molecule has 0 radical (unpaired) electrons. The van der Waals surface area contributed by atoms with E-state index in [1.807, 2.05) is 0 Å². The third-order valence-corrected chi connectivity index (χ3v) is 6.41. The number of carbonyl (C=O) groups is 2. The lowest BCUT2D eigenvalue weighted by molar-refractivity contribution is -0.123. The van der Waals surface area contributed by atoms with E-state index < -0.39 is 9.84 Å². The molecule has 0 fully saturated rings. The van der Waals surface area contributed by atoms with Crippen LogP contribution in [-0.4, -0.2) is 33.4 Å². The van der Waals surface area contributed by atoms with E-state index in [1.165, 1.54) is 41.3 Å². The highest BCUT2D eigenvalue weighted by Crippen LogP contribution is 2.29. The first kappa shape index (κ1) is 19.7. The van der Waals surface area contributed by atoms with Crippen molar-refractivity contribution in [1.82, 2.24) is 0 Å². The Morgan fingerprint density at radius 1 is 0.900 bits per heavy atom. The van der Waals surface area contributed by atoms with Crippen molar-refractivity contribution in [2.75, 3.05) is 23.4 Å². The van der Waals surface area contributed by atoms with Gasteiger partial charge in [-0.05, 0) is 48.5 Å². The van der Waals surface area contributed by atoms with Gasteiger partial charge in [-0.2, -0.15) is 0 Å². The van der Waals surface area contributed by atoms with E-state index >= 15 is 0 Å². The number of anilines is 2. The number of amides is 2. The number of hydrogen-bond donors (Lipinski definition) is 1. The molecule has 0 atom stereocenters. The van der Waals surface area contributed by atoms with Gasteiger partial charge < -0.3 is 10.1 Å². The summed E-state index contributed by atoms with van der Waals surface area (Å²) in [6.45, 7) is -0.375. The maximum atomic E-state index is 12.6. The zero-order valence-corrected chi connectivity index (χ0v) is 16.6. The molecule has 0 saturated heterocycles. The van der Waals surface area contributed by atoms with E-state index in [0.717, 1.165) is 0 Å². The first-order valence-electron chi connectivity index (χ1n) is 9.17. The van der Waals surface area contributed by atoms with Gasteiger partial charge in [0.25, 0.3) is 5.91 Å². The van der Waals surface area contributed by atoms with Crippen LogP contribution in [0.4, 0.5) is 11.4 Å². The average molecular weight is 422 g/mol. The summed E-state index contributed by atoms with van der Waals surface area (Å²) in [5.74, 6) is -0.305. The van der Waals surface area contributed by atoms with Crippen LogP contribution in [0.15, 0.2) is 88.7 Å². The first-order valence-corrected chi connectivity index (χ1v) is 10.7. The molecule has 30 heavy (non-hydrogen) atoms. The molecule has 1 aliphatic rings. The summed E-state index contributed by atoms with van der Waals surface area (Å²) >= 11 is 0. The van der Waals surface area contributed by atoms with Crippen molar-refractivity contribution in [2.45, 2.75) is 9.79 Å². The van der Waals surface area contributed by atoms with E-state index in [2.05, 4.69) is 5.32 Å². The van der Waals surface area contributed by atoms with Gasteiger partial charge in [0.15, 0.2) is 6.61 Å². The van der Waals surface area contributed by atoms with E-state index in [-0.39, 0.29) is 34.8 Å². The van der Waals surface area contributed by atoms with Gasteiger partial charge in [-0.15, -0.1) is 0 Å². The monoisotopic (exact) mass is 422 g/mol. The second-order valence-electron chi connectivity index (χ2n) is 6.62. The molecule has 1 aliphatic heterocycles. The van der Waals surface area contributed by atoms with Crippen LogP contribution < -0.4 is 15.0 Å². The minimum atomic E-state index is -3.62. The third-order valence-electron chi connectivity index (χ3n) is 4.62. The summed E-state index contributed by atoms with van der Waals surface area (Å²) in [5.41, 5.74) is 1.17. The predicted molar refractivity (Wildman–Crippen MR) is 111 cm³/mol. The second-order valence-corrected chi connectivity index (χ2v) is 8.57. The van der Waals surface area contributed by atoms with Crippen molar-refractivity contribution in [3.05, 3.63) is 78.9 Å². The third kappa shape index (κ3) is 3.90. The van der Waals surface area contributed by atoms with Crippen molar-refractivity contribution in [2.24, 2.45) is 0 Å². The summed E-state index contributed by atoms with van der Waals surface area (Å²) in [7, 11) is -3.62. The fourth-order valence-corrected chi connectivity index (χ4v) is 4.41. The highest BCUT2D eigenvalue weighted by molar-refractivity contribution is 7.91. The molecule has 4 rings (SSSR count). The molecule has 0 unspecified atom stereocenters. The van der Waals surface area contributed by atoms with Crippen LogP contribution >= 0.6 is 0 Å². The Labute approximate surface area is 173 Å². The summed E-state index contributed by atoms with van der Waals surface area (Å²) in [6, 6.07) is 21.0. The lowest BCUT2D eigenvalue weighted by Crippen LogP contribution is -2.44. The van der Waals surface area contributed by atoms with Crippen LogP contribution in [0.3, 0.4) is 0 Å². The quantitative estimate of drug-likeness (QED) is 0.683. The van der Waals surface area contributed by atoms with Crippen LogP contribution in [0, 0.1) is 0 Å². The summed E-state index contributed by atoms with van der Waals surface area (Å²) in [5, 5.41) is 2.72. The molecule has 1 heterocycles. The van der Waals surface area contributed by atoms with Crippen molar-refractivity contribution in [3.8, 4) is 5.75 Å². The van der Waals surface area contributed by atoms with Gasteiger partial charge in [0.2, 0.25) is 15.7 Å². The number of fused-ring (bicyclic) bond motifs is 1. The lowest BCUT2D eigenvalue weighted by Gasteiger charge is -2.29. The molecule has 7 nitrogen and oxygen atoms in total. The SMILES string of the molecule is O=C1CN(C(=O)COc2ccc(S(=O)(=O)c3ccccc3)cc2)c2ccccc2N1. The molecule has 3 aromatic carbocycles. The van der Waals surface area contributed by atoms with Crippen LogP contribution in [0.5, 0.6) is 5.75 Å². The minimum Gasteiger partial charge on any atom is -0.484 e. The normalized spacial score (nSPS) is 13.3. The van der Waals surface area contributed by atoms with Crippen LogP contribution in [0.25, 0.3) is 0 Å². The fourth-order valence-electron chi connectivity index (χ4n) is 3.13. The second kappa shape index (κ2) is 8.00. The van der Waals surface area contributed by atoms with Crippen LogP contribution in [0.1, 0.15) is 0 Å². The number of sulfone groups is 1. The van der Waals surface area contributed by atoms with Crippen molar-refractivity contribution in [3.63, 3.8) is 0 Å². The van der Waals surface area contributed by atoms with Crippen molar-refractivity contribution >= 4 is 33.0 Å². The minimum absolute atomic E-state index is 0.0898. The molecule has 2 amide bonds. The number of rotatable bonds is 5. The first-order chi connectivity index (χ1) is 14.4. The number of nitrogens with zero attached hydrogens (tertiary/aromatic N) is 1. The Morgan fingerprint density at radius 2 is 1.53 bits per heavy atom. The van der Waals surface area contributed by atoms with E-state index in [1.54, 1.807) is 42.5 Å². The highest BCUT2D eigenvalue weighted by Gasteiger charge is 2.26. The number of carbonyl (C=O) groups excluding carboxylic acids is 2. The Morgan fingerprint density at radius 3 is 2.27 bits per heavy atom. The Kier molecular flexibility index (Phi) is 5.24. The largest absolute Gasteiger partial charge is 0.484 e. The highest BCUT2D eigenvalue weighted by atomic mass is 32.2. The van der Waals surface area contributed by atoms with Gasteiger partial charge in [0.05, 0.1) is 21.2 Å². The average Bonchev–Trinajstić information content (AvgIpc) is 2.77. The van der Waals surface area contributed by atoms with Gasteiger partial charge in [0.1, 0.15) is 12.3 Å². The maximum Gasteiger partial charge on any atom is 0.265 e. The predicted octanol–water partition coefficient (Wildman–Crippen LogP) is 2.88. The molecule has 8 heteroatoms. The number of hydrogen-bond acceptors (Lipinski definition) is 5. The number of para-hydroxylation sites is 2. The zero-order valence-electron chi connectivity index (χ0n) is 15.8. The molecular weight excluding hydrogens is 404 g/mol. The molecule has 3 aromatic rings. The zero-order chi connectivity index (χ0) is 21.1. The van der Waals surface area contributed by atoms with Gasteiger partial charge in [-0.3, -0.25) is 14.5 Å². The number of ether oxygens (including phenoxy) is 1. The van der Waals surface area contributed by atoms with E-state index in [0.29, 0.717) is 17.1 Å². The Hall–Kier alpha value is -3.65. The van der Waals surface area contributed by atoms with Crippen molar-refractivity contribution < 1.29 is 22.7 Å². The standard InChI is InChI=1S/C22H18N2O5S/c25-21-14-24(20-9-5-4-8-19(20)23-21)22(26)15-29-16-10-12-18(13-11-16)30(27,28)17-6-2-1-3-7-17/h1-13H,14-15H2,(H,23,25). The molecule has 152 valence electrons. The van der Waals surface area contributed by atoms with Gasteiger partial charge in [-0.1, -0.05) is 30.3 Å². The van der Waals surface area contributed by atoms with Crippen LogP contribution in [0.2, 0.25) is 0 Å². The number of nitrogens with one attached hydrogen (secondary N) is 1. The fraction of sp³-hybridized carbons (Fsp3) is 0.0909. The van der Waals surface area contributed by atoms with Gasteiger partial charge in [-0.25, -0.2) is 8.42 Å². The van der Waals surface area contributed by atoms with Crippen LogP contribution in [-0.2, 0) is 19.4 Å². The molecular formula is C22H18N2O5S. The molecule has 0 spiro atoms. The Balaban J connectivity index is 1.45. The van der Waals surface area contributed by atoms with Crippen molar-refractivity contribution in [1.29, 1.82) is 0 Å². The smallest absolute Gasteiger partial charge is 0.265 e. The summed E-state index contributed by atoms with van der Waals surface area (Å²) in [6.07, 6.45) is 0. The molecule has 0 aliphatic carbocycles. The van der Waals surface area contributed by atoms with Gasteiger partial charge in [0, 0.05) is 0 Å². The lowest BCUT2D eigenvalue weighted by atomic mass is 10.2. The summed E-state index contributed by atoms with van der Waals surface area (Å²) in [4.78, 5) is 26.2. The molecule has 1 N–H and O–H groups in total. The van der Waals surface area contributed by atoms with E-state index in [9.17, 15) is 18.0 Å². The number of benzene rings is 3. The summed E-state index contributed by atoms with van der Waals surface area (Å²) < 4.78 is 30.8. The molecule has 0 bridgehead atoms. The molecule has 0 aromatic heterocycles. The van der Waals surface area contributed by atoms with E-state index in [4.69, 9.17) is 4.74 Å². The van der Waals surface area contributed by atoms with Gasteiger partial charge >= 0.3 is 0 Å². The Bertz CT molecular complexity index is 1190. The topological polar surface area (TPSA) is 92.8 Å². The maximum absolute atomic E-state index is 12.6. The molecule has 0 saturated carbocycles.